The summed E-state index contributed by atoms with van der Waals surface area (Å²) in [5.41, 5.74) is 0.895. The highest BCUT2D eigenvalue weighted by atomic mass is 32.2. The molecule has 1 aliphatic rings. The fraction of sp³-hybridized carbons (Fsp3) is 0.368. The van der Waals surface area contributed by atoms with Crippen LogP contribution in [0, 0.1) is 5.92 Å². The smallest absolute Gasteiger partial charge is 0.303 e. The number of carboxylic acid groups (broad SMARTS) is 1. The molecule has 3 rings (SSSR count). The first-order valence-electron chi connectivity index (χ1n) is 8.39. The minimum absolute atomic E-state index is 0.0950. The molecule has 1 amide bonds. The Hall–Kier alpha value is -2.21. The number of carbonyl (C=O) groups excluding carboxylic acids is 1. The van der Waals surface area contributed by atoms with Gasteiger partial charge in [-0.25, -0.2) is 0 Å². The molecular weight excluding hydrogens is 338 g/mol. The predicted molar refractivity (Wildman–Crippen MR) is 95.6 cm³/mol. The number of hydrogen-bond donors (Lipinski definition) is 1. The lowest BCUT2D eigenvalue weighted by Crippen LogP contribution is -2.39. The number of rotatable bonds is 6. The van der Waals surface area contributed by atoms with E-state index in [4.69, 9.17) is 9.52 Å². The molecule has 0 atom stereocenters. The molecule has 1 aliphatic heterocycles. The van der Waals surface area contributed by atoms with Gasteiger partial charge in [0.25, 0.3) is 5.91 Å². The Morgan fingerprint density at radius 1 is 1.16 bits per heavy atom. The molecule has 0 spiro atoms. The number of carbonyl (C=O) groups is 2. The van der Waals surface area contributed by atoms with E-state index < -0.39 is 5.97 Å². The van der Waals surface area contributed by atoms with Crippen LogP contribution in [0.3, 0.4) is 0 Å². The van der Waals surface area contributed by atoms with Crippen molar-refractivity contribution in [3.05, 3.63) is 54.0 Å². The van der Waals surface area contributed by atoms with E-state index in [0.29, 0.717) is 24.6 Å². The van der Waals surface area contributed by atoms with E-state index in [0.717, 1.165) is 23.3 Å². The number of carboxylic acids is 1. The number of benzene rings is 1. The fourth-order valence-corrected chi connectivity index (χ4v) is 3.94. The maximum Gasteiger partial charge on any atom is 0.303 e. The summed E-state index contributed by atoms with van der Waals surface area (Å²) in [7, 11) is 0. The summed E-state index contributed by atoms with van der Waals surface area (Å²) >= 11 is 1.67. The van der Waals surface area contributed by atoms with E-state index >= 15 is 0 Å². The molecule has 5 nitrogen and oxygen atoms in total. The normalized spacial score (nSPS) is 15.3. The Bertz CT molecular complexity index is 720. The monoisotopic (exact) mass is 359 g/mol. The number of hydrogen-bond acceptors (Lipinski definition) is 4. The minimum atomic E-state index is -0.768. The Kier molecular flexibility index (Phi) is 5.81. The molecule has 1 fully saturated rings. The molecule has 1 saturated heterocycles. The Labute approximate surface area is 151 Å². The van der Waals surface area contributed by atoms with Crippen LogP contribution in [0.1, 0.15) is 35.4 Å². The zero-order valence-electron chi connectivity index (χ0n) is 13.9. The number of piperidine rings is 1. The lowest BCUT2D eigenvalue weighted by Gasteiger charge is -2.31. The second kappa shape index (κ2) is 8.25. The van der Waals surface area contributed by atoms with Crippen LogP contribution in [0.4, 0.5) is 0 Å². The zero-order chi connectivity index (χ0) is 17.6. The van der Waals surface area contributed by atoms with E-state index in [-0.39, 0.29) is 18.2 Å². The summed E-state index contributed by atoms with van der Waals surface area (Å²) in [5.74, 6) is 0.377. The average molecular weight is 359 g/mol. The topological polar surface area (TPSA) is 70.8 Å². The van der Waals surface area contributed by atoms with Crippen LogP contribution < -0.4 is 0 Å². The van der Waals surface area contributed by atoms with Crippen molar-refractivity contribution < 1.29 is 19.1 Å². The molecule has 2 aromatic rings. The van der Waals surface area contributed by atoms with Crippen molar-refractivity contribution in [3.63, 3.8) is 0 Å². The van der Waals surface area contributed by atoms with Gasteiger partial charge in [0, 0.05) is 35.7 Å². The van der Waals surface area contributed by atoms with Crippen LogP contribution in [0.2, 0.25) is 0 Å². The lowest BCUT2D eigenvalue weighted by atomic mass is 9.93. The van der Waals surface area contributed by atoms with Gasteiger partial charge in [-0.1, -0.05) is 18.2 Å². The van der Waals surface area contributed by atoms with Gasteiger partial charge in [0.1, 0.15) is 0 Å². The molecule has 1 aromatic carbocycles. The average Bonchev–Trinajstić information content (AvgIpc) is 3.09. The van der Waals surface area contributed by atoms with Crippen LogP contribution in [0.5, 0.6) is 0 Å². The quantitative estimate of drug-likeness (QED) is 0.792. The van der Waals surface area contributed by atoms with E-state index in [1.165, 1.54) is 0 Å². The molecule has 6 heteroatoms. The molecule has 0 bridgehead atoms. The van der Waals surface area contributed by atoms with Gasteiger partial charge in [-0.3, -0.25) is 9.59 Å². The number of furan rings is 1. The highest BCUT2D eigenvalue weighted by Gasteiger charge is 2.27. The van der Waals surface area contributed by atoms with Crippen molar-refractivity contribution >= 4 is 23.6 Å². The van der Waals surface area contributed by atoms with Gasteiger partial charge in [-0.15, -0.1) is 11.8 Å². The van der Waals surface area contributed by atoms with Crippen LogP contribution in [-0.4, -0.2) is 35.0 Å². The van der Waals surface area contributed by atoms with Crippen molar-refractivity contribution in [3.8, 4) is 0 Å². The summed E-state index contributed by atoms with van der Waals surface area (Å²) in [4.78, 5) is 26.5. The first-order chi connectivity index (χ1) is 12.1. The maximum absolute atomic E-state index is 12.7. The summed E-state index contributed by atoms with van der Waals surface area (Å²) in [6.45, 7) is 1.17. The molecule has 1 aromatic heterocycles. The highest BCUT2D eigenvalue weighted by molar-refractivity contribution is 7.98. The molecule has 0 unspecified atom stereocenters. The van der Waals surface area contributed by atoms with Crippen LogP contribution in [0.15, 0.2) is 52.0 Å². The summed E-state index contributed by atoms with van der Waals surface area (Å²) < 4.78 is 5.46. The number of amides is 1. The van der Waals surface area contributed by atoms with Crippen molar-refractivity contribution in [2.45, 2.75) is 29.9 Å². The Morgan fingerprint density at radius 3 is 2.56 bits per heavy atom. The van der Waals surface area contributed by atoms with Gasteiger partial charge >= 0.3 is 5.97 Å². The highest BCUT2D eigenvalue weighted by Crippen LogP contribution is 2.27. The van der Waals surface area contributed by atoms with Gasteiger partial charge in [0.05, 0.1) is 6.26 Å². The second-order valence-electron chi connectivity index (χ2n) is 6.21. The molecule has 2 heterocycles. The zero-order valence-corrected chi connectivity index (χ0v) is 14.7. The van der Waals surface area contributed by atoms with Gasteiger partial charge < -0.3 is 14.4 Å². The lowest BCUT2D eigenvalue weighted by molar-refractivity contribution is -0.138. The largest absolute Gasteiger partial charge is 0.481 e. The predicted octanol–water partition coefficient (Wildman–Crippen LogP) is 3.90. The number of nitrogens with zero attached hydrogens (tertiary/aromatic N) is 1. The van der Waals surface area contributed by atoms with Gasteiger partial charge in [-0.05, 0) is 37.0 Å². The second-order valence-corrected chi connectivity index (χ2v) is 7.26. The van der Waals surface area contributed by atoms with E-state index in [2.05, 4.69) is 0 Å². The van der Waals surface area contributed by atoms with Gasteiger partial charge in [0.15, 0.2) is 5.76 Å². The van der Waals surface area contributed by atoms with Gasteiger partial charge in [0.2, 0.25) is 0 Å². The molecule has 0 radical (unpaired) electrons. The van der Waals surface area contributed by atoms with Gasteiger partial charge in [-0.2, -0.15) is 0 Å². The third-order valence-corrected chi connectivity index (χ3v) is 5.50. The van der Waals surface area contributed by atoms with E-state index in [1.54, 1.807) is 22.9 Å². The molecule has 0 saturated carbocycles. The third kappa shape index (κ3) is 4.66. The van der Waals surface area contributed by atoms with Crippen molar-refractivity contribution in [2.75, 3.05) is 13.1 Å². The molecule has 25 heavy (non-hydrogen) atoms. The van der Waals surface area contributed by atoms with E-state index in [9.17, 15) is 9.59 Å². The number of aliphatic carboxylic acids is 1. The molecule has 0 aliphatic carbocycles. The first kappa shape index (κ1) is 17.6. The maximum atomic E-state index is 12.7. The molecular formula is C19H21NO4S. The number of likely N-dealkylation sites (tertiary alicyclic amines) is 1. The molecule has 132 valence electrons. The Balaban J connectivity index is 1.58. The van der Waals surface area contributed by atoms with Crippen molar-refractivity contribution in [2.24, 2.45) is 5.92 Å². The first-order valence-corrected chi connectivity index (χ1v) is 9.37. The van der Waals surface area contributed by atoms with Crippen molar-refractivity contribution in [1.82, 2.24) is 4.90 Å². The fourth-order valence-electron chi connectivity index (χ4n) is 3.05. The Morgan fingerprint density at radius 2 is 1.88 bits per heavy atom. The van der Waals surface area contributed by atoms with Crippen LogP contribution in [-0.2, 0) is 10.5 Å². The van der Waals surface area contributed by atoms with Crippen molar-refractivity contribution in [1.29, 1.82) is 0 Å². The van der Waals surface area contributed by atoms with E-state index in [1.807, 2.05) is 36.4 Å². The van der Waals surface area contributed by atoms with Crippen LogP contribution >= 0.6 is 11.8 Å². The van der Waals surface area contributed by atoms with Crippen LogP contribution in [0.25, 0.3) is 0 Å². The third-order valence-electron chi connectivity index (χ3n) is 4.44. The summed E-state index contributed by atoms with van der Waals surface area (Å²) in [6, 6.07) is 11.9. The molecule has 1 N–H and O–H groups in total. The standard InChI is InChI=1S/C19H21NO4S/c21-17(22)12-14-6-9-20(10-7-14)19(23)18-15(8-11-24-18)13-25-16-4-2-1-3-5-16/h1-5,8,11,14H,6-7,9-10,12-13H2,(H,21,22). The summed E-state index contributed by atoms with van der Waals surface area (Å²) in [5, 5.41) is 8.88. The summed E-state index contributed by atoms with van der Waals surface area (Å²) in [6.07, 6.45) is 3.20. The number of thioether (sulfide) groups is 1. The SMILES string of the molecule is O=C(O)CC1CCN(C(=O)c2occc2CSc2ccccc2)CC1. The minimum Gasteiger partial charge on any atom is -0.481 e.